The molecule has 1 N–H and O–H groups in total. The van der Waals surface area contributed by atoms with Crippen LogP contribution in [0.3, 0.4) is 0 Å². The van der Waals surface area contributed by atoms with Crippen molar-refractivity contribution >= 4 is 35.6 Å². The Labute approximate surface area is 251 Å². The zero-order valence-electron chi connectivity index (χ0n) is 26.1. The molecule has 12 heteroatoms. The zero-order valence-corrected chi connectivity index (χ0v) is 27.9. The monoisotopic (exact) mass is 617 g/mol. The van der Waals surface area contributed by atoms with E-state index in [1.54, 1.807) is 25.5 Å². The summed E-state index contributed by atoms with van der Waals surface area (Å²) in [6.07, 6.45) is 7.21. The van der Waals surface area contributed by atoms with Crippen LogP contribution in [0.25, 0.3) is 0 Å². The molecule has 10 nitrogen and oxygen atoms in total. The van der Waals surface area contributed by atoms with E-state index in [0.29, 0.717) is 25.5 Å². The van der Waals surface area contributed by atoms with E-state index in [-0.39, 0.29) is 17.6 Å². The molecule has 1 amide bonds. The quantitative estimate of drug-likeness (QED) is 0.275. The lowest BCUT2D eigenvalue weighted by molar-refractivity contribution is 0.0241. The van der Waals surface area contributed by atoms with Gasteiger partial charge in [0.2, 0.25) is 15.8 Å². The topological polar surface area (TPSA) is 116 Å². The first-order valence-electron chi connectivity index (χ1n) is 15.4. The molecule has 42 heavy (non-hydrogen) atoms. The van der Waals surface area contributed by atoms with Gasteiger partial charge in [0.1, 0.15) is 12.3 Å². The van der Waals surface area contributed by atoms with Gasteiger partial charge in [-0.2, -0.15) is 4.98 Å². The minimum Gasteiger partial charge on any atom is -0.444 e. The average molecular weight is 618 g/mol. The maximum absolute atomic E-state index is 13.7. The molecule has 2 aliphatic carbocycles. The molecule has 2 aromatic rings. The van der Waals surface area contributed by atoms with E-state index in [2.05, 4.69) is 41.1 Å². The Morgan fingerprint density at radius 1 is 1.07 bits per heavy atom. The number of sulfone groups is 1. The molecule has 1 saturated heterocycles. The summed E-state index contributed by atoms with van der Waals surface area (Å²) in [5.74, 6) is 0.133. The van der Waals surface area contributed by atoms with Crippen molar-refractivity contribution in [2.75, 3.05) is 24.2 Å². The van der Waals surface area contributed by atoms with Gasteiger partial charge in [0.25, 0.3) is 5.16 Å². The van der Waals surface area contributed by atoms with Crippen molar-refractivity contribution in [1.29, 1.82) is 0 Å². The number of carbonyl (C=O) groups excluding carboxylic acids is 1. The van der Waals surface area contributed by atoms with Crippen molar-refractivity contribution < 1.29 is 22.7 Å². The third-order valence-corrected chi connectivity index (χ3v) is 11.5. The predicted octanol–water partition coefficient (Wildman–Crippen LogP) is 5.48. The summed E-state index contributed by atoms with van der Waals surface area (Å²) in [4.78, 5) is 18.9. The number of hydrogen-bond acceptors (Lipinski definition) is 8. The second-order valence-electron chi connectivity index (χ2n) is 14.2. The number of rotatable bonds is 10. The number of aromatic nitrogens is 3. The summed E-state index contributed by atoms with van der Waals surface area (Å²) in [7, 11) is -5.20. The van der Waals surface area contributed by atoms with E-state index >= 15 is 0 Å². The lowest BCUT2D eigenvalue weighted by Gasteiger charge is -2.28. The number of hydrogen-bond donors (Lipinski definition) is 1. The van der Waals surface area contributed by atoms with Gasteiger partial charge < -0.3 is 19.7 Å². The van der Waals surface area contributed by atoms with Gasteiger partial charge in [0.15, 0.2) is 0 Å². The van der Waals surface area contributed by atoms with Crippen molar-refractivity contribution in [2.24, 2.45) is 0 Å². The van der Waals surface area contributed by atoms with Gasteiger partial charge in [-0.3, -0.25) is 0 Å². The third kappa shape index (κ3) is 7.19. The van der Waals surface area contributed by atoms with Gasteiger partial charge in [0.05, 0.1) is 5.75 Å². The van der Waals surface area contributed by atoms with Gasteiger partial charge in [-0.25, -0.2) is 17.9 Å². The van der Waals surface area contributed by atoms with Crippen molar-refractivity contribution in [3.63, 3.8) is 0 Å². The first-order chi connectivity index (χ1) is 19.7. The maximum Gasteiger partial charge on any atom is 0.410 e. The number of ether oxygens (including phenoxy) is 2. The summed E-state index contributed by atoms with van der Waals surface area (Å²) in [5.41, 5.74) is 5.81. The van der Waals surface area contributed by atoms with Crippen LogP contribution in [0.5, 0.6) is 0 Å². The van der Waals surface area contributed by atoms with E-state index in [1.165, 1.54) is 27.2 Å². The Morgan fingerprint density at radius 2 is 1.74 bits per heavy atom. The first-order valence-corrected chi connectivity index (χ1v) is 20.7. The molecule has 0 bridgehead atoms. The minimum atomic E-state index is -3.91. The lowest BCUT2D eigenvalue weighted by Crippen LogP contribution is -2.42. The van der Waals surface area contributed by atoms with Gasteiger partial charge >= 0.3 is 6.09 Å². The zero-order chi connectivity index (χ0) is 30.3. The number of likely N-dealkylation sites (tertiary alicyclic amines) is 1. The molecule has 0 saturated carbocycles. The maximum atomic E-state index is 13.7. The van der Waals surface area contributed by atoms with Gasteiger partial charge in [-0.15, -0.1) is 5.10 Å². The number of fused-ring (bicyclic) bond motifs is 2. The highest BCUT2D eigenvalue weighted by Crippen LogP contribution is 2.40. The molecule has 0 spiro atoms. The second kappa shape index (κ2) is 11.9. The Morgan fingerprint density at radius 3 is 2.36 bits per heavy atom. The van der Waals surface area contributed by atoms with E-state index in [1.807, 2.05) is 0 Å². The van der Waals surface area contributed by atoms with E-state index in [9.17, 15) is 13.2 Å². The van der Waals surface area contributed by atoms with Crippen LogP contribution in [-0.2, 0) is 51.7 Å². The van der Waals surface area contributed by atoms with Gasteiger partial charge in [0, 0.05) is 33.0 Å². The average Bonchev–Trinajstić information content (AvgIpc) is 3.66. The number of nitrogens with one attached hydrogen (secondary N) is 1. The molecule has 1 aliphatic heterocycles. The highest BCUT2D eigenvalue weighted by molar-refractivity contribution is 7.91. The standard InChI is InChI=1S/C30H47N5O5SSi/c1-30(2,3)40-29(36)34-15-9-12-23(34)19-41(37,38)28-32-27(35(33-28)20-39-16-17-42(4,5)6)31-26-24-13-7-10-21(24)18-22-11-8-14-25(22)26/h18,23H,7-17,19-20H2,1-6H3,(H,31,32,33). The molecular formula is C30H47N5O5SSi. The van der Waals surface area contributed by atoms with E-state index in [4.69, 9.17) is 9.47 Å². The summed E-state index contributed by atoms with van der Waals surface area (Å²) in [5, 5.41) is 7.78. The summed E-state index contributed by atoms with van der Waals surface area (Å²) in [6.45, 7) is 13.5. The Bertz CT molecular complexity index is 1390. The number of aryl methyl sites for hydroxylation is 2. The molecule has 232 valence electrons. The Hall–Kier alpha value is -2.44. The second-order valence-corrected chi connectivity index (χ2v) is 21.7. The fraction of sp³-hybridized carbons (Fsp3) is 0.700. The van der Waals surface area contributed by atoms with Crippen LogP contribution in [0.1, 0.15) is 68.7 Å². The largest absolute Gasteiger partial charge is 0.444 e. The predicted molar refractivity (Wildman–Crippen MR) is 166 cm³/mol. The first kappa shape index (κ1) is 31.0. The van der Waals surface area contributed by atoms with Crippen LogP contribution >= 0.6 is 0 Å². The van der Waals surface area contributed by atoms with Crippen LogP contribution in [-0.4, -0.2) is 72.8 Å². The fourth-order valence-corrected chi connectivity index (χ4v) is 8.35. The molecule has 1 aromatic carbocycles. The van der Waals surface area contributed by atoms with Gasteiger partial charge in [-0.05, 0) is 100 Å². The molecule has 5 rings (SSSR count). The number of anilines is 2. The molecule has 1 unspecified atom stereocenters. The van der Waals surface area contributed by atoms with Gasteiger partial charge in [-0.1, -0.05) is 25.7 Å². The van der Waals surface area contributed by atoms with Crippen LogP contribution in [0.4, 0.5) is 16.4 Å². The molecule has 3 aliphatic rings. The number of carbonyl (C=O) groups is 1. The van der Waals surface area contributed by atoms with Crippen molar-refractivity contribution in [2.45, 2.75) is 121 Å². The van der Waals surface area contributed by atoms with Crippen LogP contribution in [0.2, 0.25) is 25.7 Å². The molecule has 1 fully saturated rings. The highest BCUT2D eigenvalue weighted by atomic mass is 32.2. The molecule has 2 heterocycles. The Balaban J connectivity index is 1.41. The van der Waals surface area contributed by atoms with E-state index < -0.39 is 35.6 Å². The van der Waals surface area contributed by atoms with E-state index in [0.717, 1.165) is 56.7 Å². The Kier molecular flexibility index (Phi) is 8.79. The number of amides is 1. The summed E-state index contributed by atoms with van der Waals surface area (Å²) >= 11 is 0. The van der Waals surface area contributed by atoms with Crippen molar-refractivity contribution in [3.8, 4) is 0 Å². The minimum absolute atomic E-state index is 0.111. The van der Waals surface area contributed by atoms with Crippen molar-refractivity contribution in [3.05, 3.63) is 28.3 Å². The van der Waals surface area contributed by atoms with Crippen LogP contribution in [0.15, 0.2) is 11.2 Å². The molecule has 1 atom stereocenters. The molecule has 0 radical (unpaired) electrons. The molecule has 1 aromatic heterocycles. The lowest BCUT2D eigenvalue weighted by atomic mass is 9.99. The smallest absolute Gasteiger partial charge is 0.410 e. The SMILES string of the molecule is CC(C)(C)OC(=O)N1CCCC1CS(=O)(=O)c1nc(Nc2c3c(cc4c2CCC4)CCC3)n(COCC[Si](C)(C)C)n1. The normalized spacial score (nSPS) is 18.8. The highest BCUT2D eigenvalue weighted by Gasteiger charge is 2.37. The number of nitrogens with zero attached hydrogens (tertiary/aromatic N) is 4. The van der Waals surface area contributed by atoms with Crippen LogP contribution in [0, 0.1) is 0 Å². The third-order valence-electron chi connectivity index (χ3n) is 8.27. The fourth-order valence-electron chi connectivity index (χ4n) is 6.14. The number of benzene rings is 1. The summed E-state index contributed by atoms with van der Waals surface area (Å²) < 4.78 is 40.5. The van der Waals surface area contributed by atoms with Crippen molar-refractivity contribution in [1.82, 2.24) is 19.7 Å². The van der Waals surface area contributed by atoms with Crippen LogP contribution < -0.4 is 5.32 Å². The summed E-state index contributed by atoms with van der Waals surface area (Å²) in [6, 6.07) is 2.88. The molecular weight excluding hydrogens is 571 g/mol.